The third kappa shape index (κ3) is 5.19. The summed E-state index contributed by atoms with van der Waals surface area (Å²) >= 11 is 2.76. The molecule has 138 valence electrons. The lowest BCUT2D eigenvalue weighted by Crippen LogP contribution is -2.54. The van der Waals surface area contributed by atoms with E-state index in [4.69, 9.17) is 9.47 Å². The number of esters is 2. The first kappa shape index (κ1) is 20.2. The molecule has 3 unspecified atom stereocenters. The molecule has 1 heterocycles. The van der Waals surface area contributed by atoms with Crippen LogP contribution in [0.15, 0.2) is 18.2 Å². The summed E-state index contributed by atoms with van der Waals surface area (Å²) in [6.45, 7) is -0.0628. The second-order valence-corrected chi connectivity index (χ2v) is 8.56. The molecule has 0 amide bonds. The molecule has 25 heavy (non-hydrogen) atoms. The van der Waals surface area contributed by atoms with Crippen LogP contribution in [0.5, 0.6) is 0 Å². The Morgan fingerprint density at radius 3 is 2.72 bits per heavy atom. The van der Waals surface area contributed by atoms with Gasteiger partial charge in [-0.05, 0) is 52.6 Å². The minimum Gasteiger partial charge on any atom is -0.468 e. The van der Waals surface area contributed by atoms with Crippen molar-refractivity contribution < 1.29 is 27.7 Å². The second-order valence-electron chi connectivity index (χ2n) is 5.75. The van der Waals surface area contributed by atoms with Crippen molar-refractivity contribution in [3.8, 4) is 0 Å². The predicted octanol–water partition coefficient (Wildman–Crippen LogP) is 3.20. The number of likely N-dealkylation sites (tertiary alicyclic amines) is 1. The van der Waals surface area contributed by atoms with E-state index >= 15 is 0 Å². The van der Waals surface area contributed by atoms with Crippen LogP contribution in [0.25, 0.3) is 0 Å². The van der Waals surface area contributed by atoms with Crippen LogP contribution < -0.4 is 5.30 Å². The molecule has 0 aliphatic carbocycles. The van der Waals surface area contributed by atoms with Crippen LogP contribution >= 0.6 is 22.4 Å². The number of benzene rings is 1. The highest BCUT2D eigenvalue weighted by Crippen LogP contribution is 2.45. The number of rotatable bonds is 5. The highest BCUT2D eigenvalue weighted by molar-refractivity contribution is 9.39. The summed E-state index contributed by atoms with van der Waals surface area (Å²) < 4.78 is 37.4. The molecule has 9 heteroatoms. The van der Waals surface area contributed by atoms with E-state index in [2.05, 4.69) is 15.5 Å². The van der Waals surface area contributed by atoms with E-state index in [1.165, 1.54) is 26.2 Å². The van der Waals surface area contributed by atoms with E-state index in [1.54, 1.807) is 11.0 Å². The van der Waals surface area contributed by atoms with E-state index in [1.807, 2.05) is 0 Å². The average Bonchev–Trinajstić information content (AvgIpc) is 2.53. The van der Waals surface area contributed by atoms with Gasteiger partial charge in [-0.2, -0.15) is 0 Å². The summed E-state index contributed by atoms with van der Waals surface area (Å²) in [5.74, 6) is -1.60. The van der Waals surface area contributed by atoms with Gasteiger partial charge in [-0.3, -0.25) is 14.5 Å². The van der Waals surface area contributed by atoms with E-state index in [-0.39, 0.29) is 11.8 Å². The van der Waals surface area contributed by atoms with Gasteiger partial charge < -0.3 is 9.47 Å². The normalized spacial score (nSPS) is 22.3. The number of halogens is 3. The van der Waals surface area contributed by atoms with E-state index in [0.717, 1.165) is 6.42 Å². The molecule has 0 N–H and O–H groups in total. The average molecular weight is 438 g/mol. The molecule has 2 rings (SSSR count). The van der Waals surface area contributed by atoms with Crippen LogP contribution in [-0.2, 0) is 25.6 Å². The number of hydrogen-bond donors (Lipinski definition) is 0. The van der Waals surface area contributed by atoms with Gasteiger partial charge in [-0.15, -0.1) is 0 Å². The topological polar surface area (TPSA) is 55.8 Å². The summed E-state index contributed by atoms with van der Waals surface area (Å²) in [6, 6.07) is 3.53. The van der Waals surface area contributed by atoms with Crippen LogP contribution in [0.2, 0.25) is 0 Å². The third-order valence-electron chi connectivity index (χ3n) is 4.02. The lowest BCUT2D eigenvalue weighted by atomic mass is 9.97. The minimum absolute atomic E-state index is 0.0142. The van der Waals surface area contributed by atoms with Crippen molar-refractivity contribution >= 4 is 39.7 Å². The van der Waals surface area contributed by atoms with Crippen molar-refractivity contribution in [3.05, 3.63) is 29.6 Å². The quantitative estimate of drug-likeness (QED) is 0.522. The first-order chi connectivity index (χ1) is 11.8. The van der Waals surface area contributed by atoms with Gasteiger partial charge in [0.25, 0.3) is 0 Å². The molecule has 1 fully saturated rings. The van der Waals surface area contributed by atoms with Gasteiger partial charge in [-0.25, -0.2) is 8.59 Å². The Hall–Kier alpha value is -1.11. The predicted molar refractivity (Wildman–Crippen MR) is 94.0 cm³/mol. The van der Waals surface area contributed by atoms with Gasteiger partial charge in [-0.1, -0.05) is 6.07 Å². The Morgan fingerprint density at radius 2 is 2.16 bits per heavy atom. The minimum atomic E-state index is -2.19. The van der Waals surface area contributed by atoms with Crippen molar-refractivity contribution in [3.63, 3.8) is 0 Å². The van der Waals surface area contributed by atoms with Crippen molar-refractivity contribution in [1.29, 1.82) is 0 Å². The summed E-state index contributed by atoms with van der Waals surface area (Å²) in [6.07, 6.45) is 0.672. The molecule has 1 aliphatic rings. The molecule has 1 aromatic carbocycles. The number of carbonyl (C=O) groups excluding carboxylic acids is 2. The van der Waals surface area contributed by atoms with Crippen molar-refractivity contribution in [2.75, 3.05) is 13.7 Å². The molecule has 1 aromatic rings. The zero-order chi connectivity index (χ0) is 18.6. The van der Waals surface area contributed by atoms with Crippen molar-refractivity contribution in [2.45, 2.75) is 38.5 Å². The van der Waals surface area contributed by atoms with E-state index in [0.29, 0.717) is 18.5 Å². The molecule has 0 saturated carbocycles. The van der Waals surface area contributed by atoms with Crippen LogP contribution in [0.1, 0.15) is 25.3 Å². The van der Waals surface area contributed by atoms with Gasteiger partial charge >= 0.3 is 11.9 Å². The van der Waals surface area contributed by atoms with Crippen LogP contribution in [-0.4, -0.2) is 42.6 Å². The highest BCUT2D eigenvalue weighted by Gasteiger charge is 2.39. The van der Waals surface area contributed by atoms with Gasteiger partial charge in [0, 0.05) is 13.5 Å². The standard InChI is InChI=1S/C16H19BrF2NO4P/c1-10(21)24-13-4-3-7-20(15(13)16(22)23-2)9-11-5-6-14(25(17)19)12(18)8-11/h5-6,8,13,15H,3-4,7,9H2,1-2H3. The summed E-state index contributed by atoms with van der Waals surface area (Å²) in [5.41, 5.74) is 0.600. The molecular weight excluding hydrogens is 419 g/mol. The monoisotopic (exact) mass is 437 g/mol. The fraction of sp³-hybridized carbons (Fsp3) is 0.500. The number of carbonyl (C=O) groups is 2. The van der Waals surface area contributed by atoms with Gasteiger partial charge in [0.2, 0.25) is 0 Å². The molecule has 1 aliphatic heterocycles. The molecule has 5 nitrogen and oxygen atoms in total. The molecule has 0 bridgehead atoms. The lowest BCUT2D eigenvalue weighted by Gasteiger charge is -2.38. The molecule has 1 saturated heterocycles. The maximum Gasteiger partial charge on any atom is 0.326 e. The zero-order valence-corrected chi connectivity index (χ0v) is 16.4. The molecule has 0 spiro atoms. The Labute approximate surface area is 154 Å². The zero-order valence-electron chi connectivity index (χ0n) is 13.9. The fourth-order valence-corrected chi connectivity index (χ4v) is 4.26. The largest absolute Gasteiger partial charge is 0.468 e. The van der Waals surface area contributed by atoms with E-state index in [9.17, 15) is 18.2 Å². The maximum absolute atomic E-state index is 14.0. The van der Waals surface area contributed by atoms with Crippen LogP contribution in [0.4, 0.5) is 8.59 Å². The van der Waals surface area contributed by atoms with Crippen LogP contribution in [0, 0.1) is 5.82 Å². The Kier molecular flexibility index (Phi) is 7.28. The first-order valence-electron chi connectivity index (χ1n) is 7.72. The maximum atomic E-state index is 14.0. The van der Waals surface area contributed by atoms with Gasteiger partial charge in [0.15, 0.2) is 6.93 Å². The summed E-state index contributed by atoms with van der Waals surface area (Å²) in [5, 5.41) is -0.0142. The fourth-order valence-electron chi connectivity index (χ4n) is 2.98. The number of piperidine rings is 1. The second kappa shape index (κ2) is 9.01. The van der Waals surface area contributed by atoms with Crippen molar-refractivity contribution in [1.82, 2.24) is 4.90 Å². The Bertz CT molecular complexity index is 647. The number of ether oxygens (including phenoxy) is 2. The van der Waals surface area contributed by atoms with Crippen LogP contribution in [0.3, 0.4) is 0 Å². The number of nitrogens with zero attached hydrogens (tertiary/aromatic N) is 1. The Morgan fingerprint density at radius 1 is 1.44 bits per heavy atom. The first-order valence-corrected chi connectivity index (χ1v) is 11.0. The summed E-state index contributed by atoms with van der Waals surface area (Å²) in [7, 11) is 1.27. The highest BCUT2D eigenvalue weighted by atomic mass is 79.9. The third-order valence-corrected chi connectivity index (χ3v) is 5.89. The molecule has 3 atom stereocenters. The number of hydrogen-bond acceptors (Lipinski definition) is 5. The molecule has 0 aromatic heterocycles. The van der Waals surface area contributed by atoms with Crippen molar-refractivity contribution in [2.24, 2.45) is 0 Å². The van der Waals surface area contributed by atoms with Gasteiger partial charge in [0.1, 0.15) is 18.0 Å². The lowest BCUT2D eigenvalue weighted by molar-refractivity contribution is -0.165. The molecular formula is C16H19BrF2NO4P. The molecule has 0 radical (unpaired) electrons. The Balaban J connectivity index is 2.21. The number of methoxy groups -OCH3 is 1. The SMILES string of the molecule is COC(=O)C1C(OC(C)=O)CCCN1Cc1ccc(P(F)Br)c(F)c1. The van der Waals surface area contributed by atoms with Gasteiger partial charge in [0.05, 0.1) is 12.4 Å². The van der Waals surface area contributed by atoms with E-state index < -0.39 is 36.8 Å². The summed E-state index contributed by atoms with van der Waals surface area (Å²) in [4.78, 5) is 25.3. The smallest absolute Gasteiger partial charge is 0.326 e.